The molecule has 2 rings (SSSR count). The number of nitro benzene ring substituents is 1. The van der Waals surface area contributed by atoms with Gasteiger partial charge in [-0.25, -0.2) is 0 Å². The summed E-state index contributed by atoms with van der Waals surface area (Å²) in [6.45, 7) is 6.49. The summed E-state index contributed by atoms with van der Waals surface area (Å²) in [5.41, 5.74) is 1.68. The van der Waals surface area contributed by atoms with Crippen LogP contribution in [0.5, 0.6) is 0 Å². The fourth-order valence-electron chi connectivity index (χ4n) is 2.90. The van der Waals surface area contributed by atoms with Gasteiger partial charge in [0.2, 0.25) is 11.8 Å². The number of carbonyl (C=O) groups is 2. The topological polar surface area (TPSA) is 92.6 Å². The molecule has 0 saturated heterocycles. The fourth-order valence-corrected chi connectivity index (χ4v) is 3.96. The third-order valence-electron chi connectivity index (χ3n) is 4.79. The van der Waals surface area contributed by atoms with Crippen LogP contribution in [-0.2, 0) is 21.9 Å². The van der Waals surface area contributed by atoms with Gasteiger partial charge in [0.15, 0.2) is 0 Å². The molecule has 0 bridgehead atoms. The summed E-state index contributed by atoms with van der Waals surface area (Å²) in [6.07, 6.45) is 0. The van der Waals surface area contributed by atoms with Crippen molar-refractivity contribution >= 4 is 40.9 Å². The van der Waals surface area contributed by atoms with Crippen molar-refractivity contribution in [3.63, 3.8) is 0 Å². The van der Waals surface area contributed by atoms with E-state index in [1.54, 1.807) is 30.0 Å². The number of carbonyl (C=O) groups excluding carboxylic acids is 2. The molecule has 1 atom stereocenters. The maximum Gasteiger partial charge on any atom is 0.269 e. The number of nitrogens with one attached hydrogen (secondary N) is 1. The Morgan fingerprint density at radius 2 is 1.78 bits per heavy atom. The van der Waals surface area contributed by atoms with Gasteiger partial charge in [-0.05, 0) is 30.0 Å². The predicted molar refractivity (Wildman–Crippen MR) is 129 cm³/mol. The van der Waals surface area contributed by atoms with Gasteiger partial charge >= 0.3 is 0 Å². The van der Waals surface area contributed by atoms with E-state index >= 15 is 0 Å². The molecule has 0 aromatic heterocycles. The van der Waals surface area contributed by atoms with Gasteiger partial charge in [-0.1, -0.05) is 55.8 Å². The lowest BCUT2D eigenvalue weighted by Gasteiger charge is -2.29. The molecule has 7 nitrogen and oxygen atoms in total. The Bertz CT molecular complexity index is 937. The average molecular weight is 478 g/mol. The molecule has 172 valence electrons. The van der Waals surface area contributed by atoms with Crippen molar-refractivity contribution < 1.29 is 14.5 Å². The van der Waals surface area contributed by atoms with Gasteiger partial charge in [0.05, 0.1) is 10.7 Å². The minimum absolute atomic E-state index is 0.0296. The highest BCUT2D eigenvalue weighted by Crippen LogP contribution is 2.21. The number of halogens is 1. The van der Waals surface area contributed by atoms with Gasteiger partial charge in [-0.15, -0.1) is 11.8 Å². The Labute approximate surface area is 197 Å². The Kier molecular flexibility index (Phi) is 9.99. The highest BCUT2D eigenvalue weighted by atomic mass is 35.5. The van der Waals surface area contributed by atoms with Crippen molar-refractivity contribution in [3.8, 4) is 0 Å². The molecule has 0 heterocycles. The second-order valence-electron chi connectivity index (χ2n) is 7.84. The zero-order chi connectivity index (χ0) is 23.7. The van der Waals surface area contributed by atoms with Crippen molar-refractivity contribution in [3.05, 3.63) is 74.8 Å². The highest BCUT2D eigenvalue weighted by molar-refractivity contribution is 7.99. The lowest BCUT2D eigenvalue weighted by atomic mass is 10.1. The first-order valence-electron chi connectivity index (χ1n) is 10.3. The molecule has 1 N–H and O–H groups in total. The van der Waals surface area contributed by atoms with Crippen LogP contribution in [0, 0.1) is 16.0 Å². The number of benzene rings is 2. The molecule has 2 aromatic carbocycles. The largest absolute Gasteiger partial charge is 0.354 e. The van der Waals surface area contributed by atoms with E-state index in [2.05, 4.69) is 5.32 Å². The number of thioether (sulfide) groups is 1. The number of rotatable bonds is 11. The van der Waals surface area contributed by atoms with Gasteiger partial charge in [0, 0.05) is 36.0 Å². The van der Waals surface area contributed by atoms with Crippen molar-refractivity contribution in [2.45, 2.75) is 39.1 Å². The predicted octanol–water partition coefficient (Wildman–Crippen LogP) is 4.67. The van der Waals surface area contributed by atoms with E-state index in [-0.39, 0.29) is 29.8 Å². The summed E-state index contributed by atoms with van der Waals surface area (Å²) < 4.78 is 0. The van der Waals surface area contributed by atoms with E-state index in [4.69, 9.17) is 11.6 Å². The smallest absolute Gasteiger partial charge is 0.269 e. The standard InChI is InChI=1S/C23H28ClN3O4S/c1-16(2)12-25-23(29)17(3)26(13-19-6-4-5-7-21(19)24)22(28)15-32-14-18-8-10-20(11-9-18)27(30)31/h4-11,16-17H,12-15H2,1-3H3,(H,25,29)/t17-/m1/s1. The number of hydrogen-bond acceptors (Lipinski definition) is 5. The molecule has 0 saturated carbocycles. The molecule has 0 spiro atoms. The summed E-state index contributed by atoms with van der Waals surface area (Å²) in [4.78, 5) is 37.6. The molecule has 32 heavy (non-hydrogen) atoms. The molecule has 2 amide bonds. The van der Waals surface area contributed by atoms with Gasteiger partial charge in [0.25, 0.3) is 5.69 Å². The Balaban J connectivity index is 2.06. The van der Waals surface area contributed by atoms with Crippen LogP contribution in [0.1, 0.15) is 31.9 Å². The summed E-state index contributed by atoms with van der Waals surface area (Å²) in [5, 5.41) is 14.2. The van der Waals surface area contributed by atoms with E-state index < -0.39 is 11.0 Å². The number of amides is 2. The van der Waals surface area contributed by atoms with Gasteiger partial charge in [-0.2, -0.15) is 0 Å². The van der Waals surface area contributed by atoms with E-state index in [9.17, 15) is 19.7 Å². The third kappa shape index (κ3) is 7.84. The molecule has 0 aliphatic rings. The van der Waals surface area contributed by atoms with E-state index in [1.807, 2.05) is 32.0 Å². The monoisotopic (exact) mass is 477 g/mol. The number of nitro groups is 1. The second kappa shape index (κ2) is 12.5. The Morgan fingerprint density at radius 1 is 1.12 bits per heavy atom. The van der Waals surface area contributed by atoms with Gasteiger partial charge in [-0.3, -0.25) is 19.7 Å². The fraction of sp³-hybridized carbons (Fsp3) is 0.391. The number of hydrogen-bond donors (Lipinski definition) is 1. The number of non-ortho nitro benzene ring substituents is 1. The van der Waals surface area contributed by atoms with Crippen LogP contribution in [0.4, 0.5) is 5.69 Å². The first-order chi connectivity index (χ1) is 15.2. The SMILES string of the molecule is CC(C)CNC(=O)[C@@H](C)N(Cc1ccccc1Cl)C(=O)CSCc1ccc([N+](=O)[O-])cc1. The second-order valence-corrected chi connectivity index (χ2v) is 9.24. The van der Waals surface area contributed by atoms with Crippen LogP contribution in [0.3, 0.4) is 0 Å². The van der Waals surface area contributed by atoms with Crippen LogP contribution in [0.2, 0.25) is 5.02 Å². The average Bonchev–Trinajstić information content (AvgIpc) is 2.76. The molecule has 0 aliphatic heterocycles. The van der Waals surface area contributed by atoms with Crippen LogP contribution < -0.4 is 5.32 Å². The minimum Gasteiger partial charge on any atom is -0.354 e. The van der Waals surface area contributed by atoms with Crippen LogP contribution in [0.25, 0.3) is 0 Å². The molecule has 0 aliphatic carbocycles. The maximum absolute atomic E-state index is 13.1. The summed E-state index contributed by atoms with van der Waals surface area (Å²) >= 11 is 7.68. The quantitative estimate of drug-likeness (QED) is 0.375. The molecule has 2 aromatic rings. The summed E-state index contributed by atoms with van der Waals surface area (Å²) in [6, 6.07) is 12.9. The van der Waals surface area contributed by atoms with Crippen molar-refractivity contribution in [1.29, 1.82) is 0 Å². The Hall–Kier alpha value is -2.58. The lowest BCUT2D eigenvalue weighted by molar-refractivity contribution is -0.384. The zero-order valence-corrected chi connectivity index (χ0v) is 20.0. The van der Waals surface area contributed by atoms with Gasteiger partial charge < -0.3 is 10.2 Å². The molecular weight excluding hydrogens is 450 g/mol. The molecule has 0 unspecified atom stereocenters. The minimum atomic E-state index is -0.655. The lowest BCUT2D eigenvalue weighted by Crippen LogP contribution is -2.48. The summed E-state index contributed by atoms with van der Waals surface area (Å²) in [7, 11) is 0. The molecule has 0 radical (unpaired) electrons. The Morgan fingerprint density at radius 3 is 2.38 bits per heavy atom. The zero-order valence-electron chi connectivity index (χ0n) is 18.4. The first-order valence-corrected chi connectivity index (χ1v) is 11.8. The third-order valence-corrected chi connectivity index (χ3v) is 6.15. The van der Waals surface area contributed by atoms with E-state index in [1.165, 1.54) is 23.9 Å². The summed E-state index contributed by atoms with van der Waals surface area (Å²) in [5.74, 6) is 0.612. The molecular formula is C23H28ClN3O4S. The van der Waals surface area contributed by atoms with Crippen LogP contribution in [-0.4, -0.2) is 40.0 Å². The van der Waals surface area contributed by atoms with Gasteiger partial charge in [0.1, 0.15) is 6.04 Å². The van der Waals surface area contributed by atoms with Crippen molar-refractivity contribution in [2.75, 3.05) is 12.3 Å². The normalized spacial score (nSPS) is 11.8. The van der Waals surface area contributed by atoms with E-state index in [0.717, 1.165) is 11.1 Å². The number of nitrogens with zero attached hydrogens (tertiary/aromatic N) is 2. The first kappa shape index (κ1) is 25.7. The highest BCUT2D eigenvalue weighted by Gasteiger charge is 2.26. The van der Waals surface area contributed by atoms with Crippen molar-refractivity contribution in [2.24, 2.45) is 5.92 Å². The van der Waals surface area contributed by atoms with Crippen LogP contribution in [0.15, 0.2) is 48.5 Å². The maximum atomic E-state index is 13.1. The molecule has 9 heteroatoms. The van der Waals surface area contributed by atoms with E-state index in [0.29, 0.717) is 23.2 Å². The van der Waals surface area contributed by atoms with Crippen LogP contribution >= 0.6 is 23.4 Å². The molecule has 0 fully saturated rings. The van der Waals surface area contributed by atoms with Crippen molar-refractivity contribution in [1.82, 2.24) is 10.2 Å².